The Bertz CT molecular complexity index is 549. The lowest BCUT2D eigenvalue weighted by molar-refractivity contribution is -0.120. The molecule has 1 aromatic carbocycles. The molecule has 2 nitrogen and oxygen atoms in total. The highest BCUT2D eigenvalue weighted by atomic mass is 32.2. The highest BCUT2D eigenvalue weighted by Gasteiger charge is 2.55. The van der Waals surface area contributed by atoms with Crippen molar-refractivity contribution in [2.75, 3.05) is 0 Å². The number of Topliss-reactive ketones (excluding diaryl/α,β-unsaturated/α-hetero) is 1. The summed E-state index contributed by atoms with van der Waals surface area (Å²) in [6.45, 7) is 1.61. The average molecular weight is 274 g/mol. The number of carbonyl (C=O) groups is 1. The van der Waals surface area contributed by atoms with Crippen LogP contribution in [0.4, 0.5) is 0 Å². The molecule has 3 heteroatoms. The Hall–Kier alpha value is -1.22. The van der Waals surface area contributed by atoms with Crippen molar-refractivity contribution in [1.82, 2.24) is 0 Å². The number of fused-ring (bicyclic) bond motifs is 2. The Kier molecular flexibility index (Phi) is 3.17. The Morgan fingerprint density at radius 1 is 1.32 bits per heavy atom. The van der Waals surface area contributed by atoms with Gasteiger partial charge in [0.25, 0.3) is 0 Å². The van der Waals surface area contributed by atoms with E-state index in [1.54, 1.807) is 6.92 Å². The molecule has 19 heavy (non-hydrogen) atoms. The maximum Gasteiger partial charge on any atom is 0.149 e. The second kappa shape index (κ2) is 4.71. The van der Waals surface area contributed by atoms with E-state index in [1.807, 2.05) is 30.3 Å². The molecule has 0 spiro atoms. The molecule has 2 aliphatic rings. The second-order valence-corrected chi connectivity index (χ2v) is 7.32. The van der Waals surface area contributed by atoms with Crippen LogP contribution in [-0.4, -0.2) is 14.7 Å². The van der Waals surface area contributed by atoms with Crippen molar-refractivity contribution < 1.29 is 9.00 Å². The van der Waals surface area contributed by atoms with Crippen LogP contribution in [-0.2, 0) is 21.3 Å². The smallest absolute Gasteiger partial charge is 0.149 e. The molecular weight excluding hydrogens is 256 g/mol. The highest BCUT2D eigenvalue weighted by molar-refractivity contribution is 7.86. The first-order valence-electron chi connectivity index (χ1n) is 6.74. The van der Waals surface area contributed by atoms with E-state index in [-0.39, 0.29) is 11.7 Å². The van der Waals surface area contributed by atoms with Crippen LogP contribution in [0.15, 0.2) is 42.5 Å². The third-order valence-corrected chi connectivity index (χ3v) is 6.64. The highest BCUT2D eigenvalue weighted by Crippen LogP contribution is 2.50. The first kappa shape index (κ1) is 12.8. The van der Waals surface area contributed by atoms with Crippen LogP contribution in [0.2, 0.25) is 0 Å². The minimum atomic E-state index is -1.14. The van der Waals surface area contributed by atoms with Crippen molar-refractivity contribution in [2.24, 2.45) is 11.8 Å². The molecule has 0 aromatic heterocycles. The summed E-state index contributed by atoms with van der Waals surface area (Å²) >= 11 is 0. The molecule has 1 aromatic rings. The number of benzene rings is 1. The molecule has 1 saturated carbocycles. The molecule has 3 rings (SSSR count). The summed E-state index contributed by atoms with van der Waals surface area (Å²) < 4.78 is 12.2. The zero-order chi connectivity index (χ0) is 13.5. The Morgan fingerprint density at radius 3 is 2.58 bits per heavy atom. The number of carbonyl (C=O) groups excluding carboxylic acids is 1. The topological polar surface area (TPSA) is 34.1 Å². The normalized spacial score (nSPS) is 33.5. The third-order valence-electron chi connectivity index (χ3n) is 4.48. The predicted molar refractivity (Wildman–Crippen MR) is 77.1 cm³/mol. The number of allylic oxidation sites excluding steroid dienone is 2. The monoisotopic (exact) mass is 274 g/mol. The molecule has 0 aliphatic heterocycles. The largest absolute Gasteiger partial charge is 0.298 e. The summed E-state index contributed by atoms with van der Waals surface area (Å²) in [6, 6.07) is 9.82. The zero-order valence-corrected chi connectivity index (χ0v) is 11.9. The minimum Gasteiger partial charge on any atom is -0.298 e. The molecule has 2 bridgehead atoms. The van der Waals surface area contributed by atoms with Gasteiger partial charge in [-0.25, -0.2) is 0 Å². The van der Waals surface area contributed by atoms with Crippen molar-refractivity contribution in [2.45, 2.75) is 30.3 Å². The second-order valence-electron chi connectivity index (χ2n) is 5.61. The van der Waals surface area contributed by atoms with Gasteiger partial charge in [0, 0.05) is 22.5 Å². The van der Waals surface area contributed by atoms with E-state index in [0.717, 1.165) is 18.4 Å². The number of hydrogen-bond acceptors (Lipinski definition) is 2. The molecular formula is C16H18O2S. The van der Waals surface area contributed by atoms with Crippen LogP contribution < -0.4 is 0 Å². The van der Waals surface area contributed by atoms with Crippen molar-refractivity contribution in [3.05, 3.63) is 48.0 Å². The Morgan fingerprint density at radius 2 is 2.05 bits per heavy atom. The van der Waals surface area contributed by atoms with Crippen LogP contribution in [0, 0.1) is 11.8 Å². The first-order chi connectivity index (χ1) is 9.13. The molecule has 0 heterocycles. The van der Waals surface area contributed by atoms with E-state index in [1.165, 1.54) is 0 Å². The molecule has 2 aliphatic carbocycles. The summed E-state index contributed by atoms with van der Waals surface area (Å²) in [6.07, 6.45) is 6.06. The SMILES string of the molecule is CC(=O)C1(S(=O)Cc2ccccc2)CC2C=CC1C2. The summed E-state index contributed by atoms with van der Waals surface area (Å²) in [7, 11) is -1.14. The van der Waals surface area contributed by atoms with Crippen molar-refractivity contribution in [3.8, 4) is 0 Å². The summed E-state index contributed by atoms with van der Waals surface area (Å²) in [5.41, 5.74) is 1.05. The fraction of sp³-hybridized carbons (Fsp3) is 0.438. The minimum absolute atomic E-state index is 0.0959. The molecule has 4 unspecified atom stereocenters. The fourth-order valence-corrected chi connectivity index (χ4v) is 5.48. The van der Waals surface area contributed by atoms with Gasteiger partial charge in [0.15, 0.2) is 0 Å². The van der Waals surface area contributed by atoms with Gasteiger partial charge in [-0.3, -0.25) is 9.00 Å². The summed E-state index contributed by atoms with van der Waals surface area (Å²) in [4.78, 5) is 12.2. The molecule has 4 atom stereocenters. The van der Waals surface area contributed by atoms with Crippen LogP contribution in [0.5, 0.6) is 0 Å². The van der Waals surface area contributed by atoms with Gasteiger partial charge in [-0.05, 0) is 31.2 Å². The first-order valence-corrected chi connectivity index (χ1v) is 8.06. The van der Waals surface area contributed by atoms with E-state index >= 15 is 0 Å². The molecule has 0 N–H and O–H groups in total. The van der Waals surface area contributed by atoms with Gasteiger partial charge < -0.3 is 0 Å². The van der Waals surface area contributed by atoms with Crippen LogP contribution in [0.3, 0.4) is 0 Å². The number of rotatable bonds is 4. The van der Waals surface area contributed by atoms with Gasteiger partial charge in [0.05, 0.1) is 0 Å². The van der Waals surface area contributed by atoms with E-state index in [0.29, 0.717) is 11.7 Å². The van der Waals surface area contributed by atoms with Crippen LogP contribution in [0.1, 0.15) is 25.3 Å². The lowest BCUT2D eigenvalue weighted by atomic mass is 9.89. The van der Waals surface area contributed by atoms with Crippen LogP contribution in [0.25, 0.3) is 0 Å². The average Bonchev–Trinajstić information content (AvgIpc) is 3.00. The third kappa shape index (κ3) is 2.00. The van der Waals surface area contributed by atoms with Gasteiger partial charge in [0.2, 0.25) is 0 Å². The lowest BCUT2D eigenvalue weighted by Crippen LogP contribution is -2.46. The Balaban J connectivity index is 1.88. The molecule has 100 valence electrons. The van der Waals surface area contributed by atoms with E-state index in [4.69, 9.17) is 0 Å². The zero-order valence-electron chi connectivity index (χ0n) is 11.0. The van der Waals surface area contributed by atoms with Crippen molar-refractivity contribution in [1.29, 1.82) is 0 Å². The fourth-order valence-electron chi connectivity index (χ4n) is 3.49. The Labute approximate surface area is 116 Å². The molecule has 0 radical (unpaired) electrons. The lowest BCUT2D eigenvalue weighted by Gasteiger charge is -2.32. The summed E-state index contributed by atoms with van der Waals surface area (Å²) in [5, 5.41) is 0. The molecule has 0 saturated heterocycles. The molecule has 1 fully saturated rings. The number of ketones is 1. The van der Waals surface area contributed by atoms with Gasteiger partial charge in [0.1, 0.15) is 10.5 Å². The van der Waals surface area contributed by atoms with Gasteiger partial charge in [-0.1, -0.05) is 42.5 Å². The van der Waals surface area contributed by atoms with Gasteiger partial charge in [-0.15, -0.1) is 0 Å². The quantitative estimate of drug-likeness (QED) is 0.791. The number of hydrogen-bond donors (Lipinski definition) is 0. The standard InChI is InChI=1S/C16H18O2S/c1-12(17)16(10-14-7-8-15(16)9-14)19(18)11-13-5-3-2-4-6-13/h2-8,14-15H,9-11H2,1H3. The summed E-state index contributed by atoms with van der Waals surface area (Å²) in [5.74, 6) is 1.21. The van der Waals surface area contributed by atoms with E-state index < -0.39 is 15.5 Å². The maximum atomic E-state index is 12.8. The van der Waals surface area contributed by atoms with Crippen molar-refractivity contribution >= 4 is 16.6 Å². The van der Waals surface area contributed by atoms with E-state index in [2.05, 4.69) is 12.2 Å². The van der Waals surface area contributed by atoms with Gasteiger partial charge >= 0.3 is 0 Å². The van der Waals surface area contributed by atoms with Gasteiger partial charge in [-0.2, -0.15) is 0 Å². The molecule has 0 amide bonds. The van der Waals surface area contributed by atoms with Crippen molar-refractivity contribution in [3.63, 3.8) is 0 Å². The predicted octanol–water partition coefficient (Wildman–Crippen LogP) is 2.86. The maximum absolute atomic E-state index is 12.8. The van der Waals surface area contributed by atoms with Crippen LogP contribution >= 0.6 is 0 Å². The van der Waals surface area contributed by atoms with E-state index in [9.17, 15) is 9.00 Å².